The van der Waals surface area contributed by atoms with Crippen LogP contribution in [0.4, 0.5) is 0 Å². The van der Waals surface area contributed by atoms with Crippen molar-refractivity contribution in [1.82, 2.24) is 0 Å². The molecule has 0 N–H and O–H groups in total. The average molecular weight is 456 g/mol. The topological polar surface area (TPSA) is 26.3 Å². The fraction of sp³-hybridized carbons (Fsp3) is 0.133. The van der Waals surface area contributed by atoms with E-state index in [1.807, 2.05) is 6.92 Å². The van der Waals surface area contributed by atoms with E-state index in [2.05, 4.69) is 22.6 Å². The maximum Gasteiger partial charge on any atom is 0.195 e. The largest absolute Gasteiger partial charge is 0.492 e. The quantitative estimate of drug-likeness (QED) is 0.425. The molecule has 0 atom stereocenters. The van der Waals surface area contributed by atoms with Crippen LogP contribution in [0.2, 0.25) is 15.1 Å². The van der Waals surface area contributed by atoms with Gasteiger partial charge in [-0.1, -0.05) is 34.8 Å². The first kappa shape index (κ1) is 16.9. The van der Waals surface area contributed by atoms with E-state index < -0.39 is 0 Å². The summed E-state index contributed by atoms with van der Waals surface area (Å²) in [5.41, 5.74) is 0.815. The van der Waals surface area contributed by atoms with E-state index in [0.29, 0.717) is 38.6 Å². The van der Waals surface area contributed by atoms with E-state index in [0.717, 1.165) is 3.57 Å². The van der Waals surface area contributed by atoms with Crippen LogP contribution in [-0.4, -0.2) is 12.4 Å². The van der Waals surface area contributed by atoms with Crippen molar-refractivity contribution in [3.63, 3.8) is 0 Å². The molecule has 0 aliphatic rings. The molecule has 0 saturated carbocycles. The highest BCUT2D eigenvalue weighted by molar-refractivity contribution is 14.1. The highest BCUT2D eigenvalue weighted by atomic mass is 127. The molecular weight excluding hydrogens is 445 g/mol. The van der Waals surface area contributed by atoms with Gasteiger partial charge in [0.15, 0.2) is 5.78 Å². The van der Waals surface area contributed by atoms with Crippen molar-refractivity contribution >= 4 is 63.2 Å². The summed E-state index contributed by atoms with van der Waals surface area (Å²) in [7, 11) is 0. The summed E-state index contributed by atoms with van der Waals surface area (Å²) in [5.74, 6) is 0.235. The van der Waals surface area contributed by atoms with Crippen LogP contribution in [0.1, 0.15) is 22.8 Å². The Labute approximate surface area is 151 Å². The first-order chi connectivity index (χ1) is 9.93. The standard InChI is InChI=1S/C15H10Cl3IO2/c1-2-21-14-7-11(17)9(6-12(14)18)15(20)10-5-8(16)3-4-13(10)19/h3-7H,2H2,1H3. The Morgan fingerprint density at radius 1 is 1.10 bits per heavy atom. The molecule has 2 nitrogen and oxygen atoms in total. The minimum atomic E-state index is -0.225. The molecule has 0 radical (unpaired) electrons. The summed E-state index contributed by atoms with van der Waals surface area (Å²) >= 11 is 20.3. The van der Waals surface area contributed by atoms with Gasteiger partial charge >= 0.3 is 0 Å². The fourth-order valence-electron chi connectivity index (χ4n) is 1.79. The molecule has 2 rings (SSSR count). The van der Waals surface area contributed by atoms with E-state index in [1.165, 1.54) is 6.07 Å². The van der Waals surface area contributed by atoms with Crippen molar-refractivity contribution in [2.45, 2.75) is 6.92 Å². The number of ether oxygens (including phenoxy) is 1. The van der Waals surface area contributed by atoms with E-state index in [4.69, 9.17) is 39.5 Å². The van der Waals surface area contributed by atoms with Crippen LogP contribution in [0.15, 0.2) is 30.3 Å². The molecule has 2 aromatic rings. The summed E-state index contributed by atoms with van der Waals surface area (Å²) in [6.07, 6.45) is 0. The first-order valence-corrected chi connectivity index (χ1v) is 8.27. The van der Waals surface area contributed by atoms with E-state index in [-0.39, 0.29) is 5.78 Å². The smallest absolute Gasteiger partial charge is 0.195 e. The summed E-state index contributed by atoms with van der Waals surface area (Å²) in [4.78, 5) is 12.6. The lowest BCUT2D eigenvalue weighted by Crippen LogP contribution is -2.05. The molecule has 0 aliphatic heterocycles. The molecule has 110 valence electrons. The number of hydrogen-bond donors (Lipinski definition) is 0. The third-order valence-electron chi connectivity index (χ3n) is 2.74. The van der Waals surface area contributed by atoms with E-state index in [1.54, 1.807) is 24.3 Å². The van der Waals surface area contributed by atoms with Gasteiger partial charge in [-0.25, -0.2) is 0 Å². The van der Waals surface area contributed by atoms with Crippen LogP contribution in [0.3, 0.4) is 0 Å². The fourth-order valence-corrected chi connectivity index (χ4v) is 3.00. The molecule has 0 unspecified atom stereocenters. The van der Waals surface area contributed by atoms with Crippen molar-refractivity contribution in [2.24, 2.45) is 0 Å². The third kappa shape index (κ3) is 3.83. The highest BCUT2D eigenvalue weighted by Gasteiger charge is 2.18. The number of benzene rings is 2. The van der Waals surface area contributed by atoms with Gasteiger partial charge in [0.1, 0.15) is 5.75 Å². The number of rotatable bonds is 4. The second-order valence-corrected chi connectivity index (χ2v) is 6.56. The zero-order valence-corrected chi connectivity index (χ0v) is 15.3. The molecular formula is C15H10Cl3IO2. The minimum Gasteiger partial charge on any atom is -0.492 e. The van der Waals surface area contributed by atoms with Crippen molar-refractivity contribution in [3.8, 4) is 5.75 Å². The van der Waals surface area contributed by atoms with Gasteiger partial charge in [-0.05, 0) is 53.8 Å². The van der Waals surface area contributed by atoms with Crippen molar-refractivity contribution in [2.75, 3.05) is 6.61 Å². The Hall–Kier alpha value is -0.490. The number of hydrogen-bond acceptors (Lipinski definition) is 2. The van der Waals surface area contributed by atoms with Crippen LogP contribution >= 0.6 is 57.4 Å². The lowest BCUT2D eigenvalue weighted by molar-refractivity contribution is 0.103. The van der Waals surface area contributed by atoms with Gasteiger partial charge in [-0.2, -0.15) is 0 Å². The van der Waals surface area contributed by atoms with E-state index >= 15 is 0 Å². The van der Waals surface area contributed by atoms with Gasteiger partial charge in [0.05, 0.1) is 16.7 Å². The second kappa shape index (κ2) is 7.18. The summed E-state index contributed by atoms with van der Waals surface area (Å²) in [5, 5.41) is 1.14. The molecule has 0 amide bonds. The van der Waals surface area contributed by atoms with Crippen molar-refractivity contribution in [3.05, 3.63) is 60.1 Å². The Bertz CT molecular complexity index is 702. The van der Waals surface area contributed by atoms with Crippen molar-refractivity contribution < 1.29 is 9.53 Å². The van der Waals surface area contributed by atoms with Crippen LogP contribution < -0.4 is 4.74 Å². The molecule has 0 aliphatic carbocycles. The predicted octanol–water partition coefficient (Wildman–Crippen LogP) is 5.88. The second-order valence-electron chi connectivity index (χ2n) is 4.15. The molecule has 0 fully saturated rings. The van der Waals surface area contributed by atoms with Gasteiger partial charge in [-0.15, -0.1) is 0 Å². The predicted molar refractivity (Wildman–Crippen MR) is 95.2 cm³/mol. The molecule has 2 aromatic carbocycles. The van der Waals surface area contributed by atoms with E-state index in [9.17, 15) is 4.79 Å². The lowest BCUT2D eigenvalue weighted by Gasteiger charge is -2.10. The van der Waals surface area contributed by atoms with Gasteiger partial charge in [0.25, 0.3) is 0 Å². The molecule has 0 heterocycles. The molecule has 0 saturated heterocycles. The molecule has 21 heavy (non-hydrogen) atoms. The molecule has 0 bridgehead atoms. The zero-order chi connectivity index (χ0) is 15.6. The number of ketones is 1. The maximum atomic E-state index is 12.6. The molecule has 0 spiro atoms. The lowest BCUT2D eigenvalue weighted by atomic mass is 10.0. The van der Waals surface area contributed by atoms with Gasteiger partial charge < -0.3 is 4.74 Å². The van der Waals surface area contributed by atoms with Crippen LogP contribution in [0, 0.1) is 3.57 Å². The monoisotopic (exact) mass is 454 g/mol. The zero-order valence-electron chi connectivity index (χ0n) is 10.9. The Balaban J connectivity index is 2.49. The molecule has 0 aromatic heterocycles. The summed E-state index contributed by atoms with van der Waals surface area (Å²) in [6.45, 7) is 2.31. The maximum absolute atomic E-state index is 12.6. The Morgan fingerprint density at radius 3 is 2.48 bits per heavy atom. The highest BCUT2D eigenvalue weighted by Crippen LogP contribution is 2.33. The first-order valence-electron chi connectivity index (χ1n) is 6.05. The summed E-state index contributed by atoms with van der Waals surface area (Å²) in [6, 6.07) is 8.20. The van der Waals surface area contributed by atoms with Crippen LogP contribution in [0.5, 0.6) is 5.75 Å². The van der Waals surface area contributed by atoms with Gasteiger partial charge in [0, 0.05) is 25.8 Å². The minimum absolute atomic E-state index is 0.225. The Kier molecular flexibility index (Phi) is 5.77. The van der Waals surface area contributed by atoms with Gasteiger partial charge in [-0.3, -0.25) is 4.79 Å². The van der Waals surface area contributed by atoms with Gasteiger partial charge in [0.2, 0.25) is 0 Å². The summed E-state index contributed by atoms with van der Waals surface area (Å²) < 4.78 is 6.14. The number of carbonyl (C=O) groups excluding carboxylic acids is 1. The average Bonchev–Trinajstić information content (AvgIpc) is 2.44. The SMILES string of the molecule is CCOc1cc(Cl)c(C(=O)c2cc(Cl)ccc2I)cc1Cl. The van der Waals surface area contributed by atoms with Crippen LogP contribution in [0.25, 0.3) is 0 Å². The van der Waals surface area contributed by atoms with Crippen molar-refractivity contribution in [1.29, 1.82) is 0 Å². The molecule has 6 heteroatoms. The number of halogens is 4. The van der Waals surface area contributed by atoms with Crippen LogP contribution in [-0.2, 0) is 0 Å². The number of carbonyl (C=O) groups is 1. The Morgan fingerprint density at radius 2 is 1.81 bits per heavy atom. The third-order valence-corrected chi connectivity index (χ3v) is 4.52. The normalized spacial score (nSPS) is 10.5.